The average Bonchev–Trinajstić information content (AvgIpc) is 2.76. The van der Waals surface area contributed by atoms with Crippen LogP contribution in [0.2, 0.25) is 0 Å². The first-order valence-corrected chi connectivity index (χ1v) is 11.4. The van der Waals surface area contributed by atoms with E-state index in [0.717, 1.165) is 12.1 Å². The Balaban J connectivity index is 1.74. The van der Waals surface area contributed by atoms with E-state index < -0.39 is 41.8 Å². The second-order valence-corrected chi connectivity index (χ2v) is 8.84. The van der Waals surface area contributed by atoms with Crippen LogP contribution in [0, 0.1) is 13.8 Å². The number of nitrogens with zero attached hydrogens (tertiary/aromatic N) is 4. The molecule has 1 saturated heterocycles. The molecule has 12 heteroatoms. The maximum Gasteiger partial charge on any atom is 0.416 e. The van der Waals surface area contributed by atoms with Gasteiger partial charge in [0.1, 0.15) is 17.1 Å². The second kappa shape index (κ2) is 10.5. The molecule has 0 saturated carbocycles. The van der Waals surface area contributed by atoms with E-state index >= 15 is 0 Å². The Morgan fingerprint density at radius 3 is 2.44 bits per heavy atom. The van der Waals surface area contributed by atoms with Crippen molar-refractivity contribution in [2.24, 2.45) is 0 Å². The molecule has 1 fully saturated rings. The molecule has 1 aliphatic rings. The molecule has 3 rings (SSSR count). The highest BCUT2D eigenvalue weighted by Gasteiger charge is 2.34. The fraction of sp³-hybridized carbons (Fsp3) is 0.458. The van der Waals surface area contributed by atoms with E-state index in [1.54, 1.807) is 34.6 Å². The zero-order valence-electron chi connectivity index (χ0n) is 20.6. The minimum Gasteiger partial charge on any atom is -0.459 e. The molecular weight excluding hydrogens is 479 g/mol. The number of alkyl halides is 3. The van der Waals surface area contributed by atoms with Crippen molar-refractivity contribution in [3.63, 3.8) is 0 Å². The molecule has 9 nitrogen and oxygen atoms in total. The first-order chi connectivity index (χ1) is 16.8. The van der Waals surface area contributed by atoms with E-state index in [4.69, 9.17) is 4.74 Å². The van der Waals surface area contributed by atoms with Gasteiger partial charge in [-0.2, -0.15) is 13.2 Å². The lowest BCUT2D eigenvalue weighted by molar-refractivity contribution is -0.137. The summed E-state index contributed by atoms with van der Waals surface area (Å²) in [6.45, 7) is 8.71. The molecule has 1 atom stereocenters. The number of urea groups is 1. The van der Waals surface area contributed by atoms with E-state index in [1.165, 1.54) is 21.9 Å². The van der Waals surface area contributed by atoms with Crippen LogP contribution < -0.4 is 5.32 Å². The van der Waals surface area contributed by atoms with E-state index in [2.05, 4.69) is 15.3 Å². The van der Waals surface area contributed by atoms with Crippen molar-refractivity contribution in [1.82, 2.24) is 19.8 Å². The Morgan fingerprint density at radius 2 is 1.83 bits per heavy atom. The minimum atomic E-state index is -4.53. The number of nitrogens with one attached hydrogen (secondary N) is 1. The van der Waals surface area contributed by atoms with Crippen molar-refractivity contribution >= 4 is 23.6 Å². The lowest BCUT2D eigenvalue weighted by atomic mass is 10.1. The van der Waals surface area contributed by atoms with Gasteiger partial charge in [-0.1, -0.05) is 6.07 Å². The molecule has 1 N–H and O–H groups in total. The standard InChI is InChI=1S/C24H28F3N5O4/c1-13(2)36-22(34)19-15(4)28-16(5)29-20(19)21(33)31-9-10-32(14(3)12-31)23(35)30-18-8-6-7-17(11-18)24(25,26)27/h6-8,11,13-14H,9-10,12H2,1-5H3,(H,30,35). The first-order valence-electron chi connectivity index (χ1n) is 11.4. The van der Waals surface area contributed by atoms with Gasteiger partial charge in [-0.05, 0) is 52.8 Å². The molecule has 0 bridgehead atoms. The van der Waals surface area contributed by atoms with Gasteiger partial charge < -0.3 is 19.9 Å². The summed E-state index contributed by atoms with van der Waals surface area (Å²) >= 11 is 0. The van der Waals surface area contributed by atoms with Crippen LogP contribution in [-0.2, 0) is 10.9 Å². The van der Waals surface area contributed by atoms with E-state index in [-0.39, 0.29) is 36.6 Å². The van der Waals surface area contributed by atoms with Gasteiger partial charge in [0.2, 0.25) is 0 Å². The fourth-order valence-electron chi connectivity index (χ4n) is 3.95. The summed E-state index contributed by atoms with van der Waals surface area (Å²) in [5, 5.41) is 2.49. The van der Waals surface area contributed by atoms with Gasteiger partial charge in [0, 0.05) is 31.4 Å². The number of esters is 1. The van der Waals surface area contributed by atoms with Crippen LogP contribution in [0.25, 0.3) is 0 Å². The lowest BCUT2D eigenvalue weighted by Crippen LogP contribution is -2.56. The van der Waals surface area contributed by atoms with Gasteiger partial charge in [0.25, 0.3) is 5.91 Å². The molecule has 194 valence electrons. The van der Waals surface area contributed by atoms with Gasteiger partial charge in [-0.15, -0.1) is 0 Å². The fourth-order valence-corrected chi connectivity index (χ4v) is 3.95. The molecule has 1 aromatic carbocycles. The number of rotatable bonds is 4. The van der Waals surface area contributed by atoms with E-state index in [0.29, 0.717) is 11.5 Å². The zero-order chi connectivity index (χ0) is 26.8. The van der Waals surface area contributed by atoms with Gasteiger partial charge >= 0.3 is 18.2 Å². The Kier molecular flexibility index (Phi) is 7.85. The molecule has 2 heterocycles. The van der Waals surface area contributed by atoms with Gasteiger partial charge in [-0.25, -0.2) is 19.6 Å². The predicted octanol–water partition coefficient (Wildman–Crippen LogP) is 4.06. The van der Waals surface area contributed by atoms with Crippen LogP contribution in [0.3, 0.4) is 0 Å². The molecule has 1 aromatic heterocycles. The molecule has 0 spiro atoms. The monoisotopic (exact) mass is 507 g/mol. The summed E-state index contributed by atoms with van der Waals surface area (Å²) in [4.78, 5) is 50.1. The number of benzene rings is 1. The Bertz CT molecular complexity index is 1170. The molecular formula is C24H28F3N5O4. The van der Waals surface area contributed by atoms with Crippen LogP contribution in [0.4, 0.5) is 23.7 Å². The molecule has 1 unspecified atom stereocenters. The Morgan fingerprint density at radius 1 is 1.14 bits per heavy atom. The predicted molar refractivity (Wildman–Crippen MR) is 125 cm³/mol. The normalized spacial score (nSPS) is 16.2. The van der Waals surface area contributed by atoms with Crippen LogP contribution in [-0.4, -0.2) is 69.5 Å². The third-order valence-corrected chi connectivity index (χ3v) is 5.57. The number of piperazine rings is 1. The maximum absolute atomic E-state index is 13.4. The summed E-state index contributed by atoms with van der Waals surface area (Å²) in [6.07, 6.45) is -4.93. The third-order valence-electron chi connectivity index (χ3n) is 5.57. The number of carbonyl (C=O) groups is 3. The average molecular weight is 508 g/mol. The number of aryl methyl sites for hydroxylation is 2. The SMILES string of the molecule is Cc1nc(C)c(C(=O)OC(C)C)c(C(=O)N2CCN(C(=O)Nc3cccc(C(F)(F)F)c3)C(C)C2)n1. The van der Waals surface area contributed by atoms with Gasteiger partial charge in [0.15, 0.2) is 0 Å². The largest absolute Gasteiger partial charge is 0.459 e. The van der Waals surface area contributed by atoms with Crippen LogP contribution >= 0.6 is 0 Å². The number of hydrogen-bond donors (Lipinski definition) is 1. The summed E-state index contributed by atoms with van der Waals surface area (Å²) in [5.41, 5.74) is -0.605. The van der Waals surface area contributed by atoms with Crippen molar-refractivity contribution in [1.29, 1.82) is 0 Å². The lowest BCUT2D eigenvalue weighted by Gasteiger charge is -2.39. The molecule has 36 heavy (non-hydrogen) atoms. The number of hydrogen-bond acceptors (Lipinski definition) is 6. The molecule has 0 radical (unpaired) electrons. The number of aromatic nitrogens is 2. The van der Waals surface area contributed by atoms with E-state index in [1.807, 2.05) is 0 Å². The number of carbonyl (C=O) groups excluding carboxylic acids is 3. The van der Waals surface area contributed by atoms with Gasteiger partial charge in [-0.3, -0.25) is 4.79 Å². The summed E-state index contributed by atoms with van der Waals surface area (Å²) in [7, 11) is 0. The Labute approximate surface area is 206 Å². The maximum atomic E-state index is 13.4. The van der Waals surface area contributed by atoms with E-state index in [9.17, 15) is 27.6 Å². The van der Waals surface area contributed by atoms with Crippen molar-refractivity contribution < 1.29 is 32.3 Å². The number of anilines is 1. The van der Waals surface area contributed by atoms with Crippen molar-refractivity contribution in [2.45, 2.75) is 52.9 Å². The molecule has 3 amide bonds. The van der Waals surface area contributed by atoms with Crippen molar-refractivity contribution in [3.8, 4) is 0 Å². The highest BCUT2D eigenvalue weighted by molar-refractivity contribution is 6.04. The molecule has 2 aromatic rings. The highest BCUT2D eigenvalue weighted by Crippen LogP contribution is 2.31. The second-order valence-electron chi connectivity index (χ2n) is 8.84. The van der Waals surface area contributed by atoms with Gasteiger partial charge in [0.05, 0.1) is 17.4 Å². The molecule has 1 aliphatic heterocycles. The minimum absolute atomic E-state index is 0.00308. The van der Waals surface area contributed by atoms with Crippen molar-refractivity contribution in [3.05, 3.63) is 52.6 Å². The van der Waals surface area contributed by atoms with Crippen LogP contribution in [0.1, 0.15) is 58.7 Å². The Hall–Kier alpha value is -3.70. The van der Waals surface area contributed by atoms with Crippen LogP contribution in [0.5, 0.6) is 0 Å². The summed E-state index contributed by atoms with van der Waals surface area (Å²) in [6, 6.07) is 3.33. The summed E-state index contributed by atoms with van der Waals surface area (Å²) in [5.74, 6) is -0.869. The van der Waals surface area contributed by atoms with Crippen LogP contribution in [0.15, 0.2) is 24.3 Å². The smallest absolute Gasteiger partial charge is 0.416 e. The quantitative estimate of drug-likeness (QED) is 0.626. The zero-order valence-corrected chi connectivity index (χ0v) is 20.6. The summed E-state index contributed by atoms with van der Waals surface area (Å²) < 4.78 is 44.2. The van der Waals surface area contributed by atoms with Crippen molar-refractivity contribution in [2.75, 3.05) is 25.0 Å². The number of halogens is 3. The first kappa shape index (κ1) is 26.9. The molecule has 0 aliphatic carbocycles. The number of ether oxygens (including phenoxy) is 1. The third kappa shape index (κ3) is 6.10. The highest BCUT2D eigenvalue weighted by atomic mass is 19.4. The number of amides is 3. The topological polar surface area (TPSA) is 105 Å².